The third-order valence-electron chi connectivity index (χ3n) is 2.76. The van der Waals surface area contributed by atoms with Crippen molar-refractivity contribution in [3.8, 4) is 5.75 Å². The quantitative estimate of drug-likeness (QED) is 0.839. The Balaban J connectivity index is 2.10. The Labute approximate surface area is 129 Å². The number of hydrogen-bond acceptors (Lipinski definition) is 3. The van der Waals surface area contributed by atoms with Gasteiger partial charge < -0.3 is 10.1 Å². The molecule has 1 aromatic heterocycles. The molecule has 0 bridgehead atoms. The maximum atomic E-state index is 5.19. The van der Waals surface area contributed by atoms with Crippen molar-refractivity contribution >= 4 is 37.5 Å². The second kappa shape index (κ2) is 6.39. The molecule has 1 aromatic carbocycles. The van der Waals surface area contributed by atoms with Crippen LogP contribution in [0.25, 0.3) is 0 Å². The minimum atomic E-state index is 0.668. The van der Waals surface area contributed by atoms with Crippen LogP contribution < -0.4 is 10.1 Å². The lowest BCUT2D eigenvalue weighted by atomic mass is 10.2. The minimum absolute atomic E-state index is 0.668. The van der Waals surface area contributed by atoms with Crippen molar-refractivity contribution < 1.29 is 4.74 Å². The fourth-order valence-electron chi connectivity index (χ4n) is 1.71. The molecule has 100 valence electrons. The first kappa shape index (κ1) is 14.3. The monoisotopic (exact) mass is 384 g/mol. The average molecular weight is 386 g/mol. The van der Waals surface area contributed by atoms with Gasteiger partial charge in [0.15, 0.2) is 0 Å². The minimum Gasteiger partial charge on any atom is -0.497 e. The van der Waals surface area contributed by atoms with Gasteiger partial charge in [-0.15, -0.1) is 0 Å². The molecule has 0 fully saturated rings. The van der Waals surface area contributed by atoms with E-state index in [1.807, 2.05) is 24.3 Å². The summed E-state index contributed by atoms with van der Waals surface area (Å²) in [6.07, 6.45) is 1.79. The van der Waals surface area contributed by atoms with E-state index in [4.69, 9.17) is 4.74 Å². The van der Waals surface area contributed by atoms with Gasteiger partial charge in [0, 0.05) is 20.8 Å². The number of nitrogens with one attached hydrogen (secondary N) is 1. The van der Waals surface area contributed by atoms with Gasteiger partial charge in [-0.1, -0.05) is 0 Å². The van der Waals surface area contributed by atoms with Crippen LogP contribution in [0, 0.1) is 6.92 Å². The fraction of sp³-hybridized carbons (Fsp3) is 0.214. The van der Waals surface area contributed by atoms with Crippen LogP contribution in [-0.4, -0.2) is 12.1 Å². The van der Waals surface area contributed by atoms with E-state index in [0.717, 1.165) is 31.6 Å². The maximum Gasteiger partial charge on any atom is 0.119 e. The highest BCUT2D eigenvalue weighted by atomic mass is 79.9. The fourth-order valence-corrected chi connectivity index (χ4v) is 2.84. The smallest absolute Gasteiger partial charge is 0.119 e. The van der Waals surface area contributed by atoms with Crippen LogP contribution in [0.3, 0.4) is 0 Å². The molecule has 0 unspecified atom stereocenters. The van der Waals surface area contributed by atoms with Gasteiger partial charge in [0.05, 0.1) is 19.3 Å². The molecule has 0 aliphatic heterocycles. The van der Waals surface area contributed by atoms with Crippen molar-refractivity contribution in [2.45, 2.75) is 13.5 Å². The van der Waals surface area contributed by atoms with Gasteiger partial charge in [-0.05, 0) is 68.6 Å². The summed E-state index contributed by atoms with van der Waals surface area (Å²) in [5.74, 6) is 0.867. The second-order valence-electron chi connectivity index (χ2n) is 4.12. The van der Waals surface area contributed by atoms with Gasteiger partial charge in [0.2, 0.25) is 0 Å². The summed E-state index contributed by atoms with van der Waals surface area (Å²) in [6.45, 7) is 2.72. The summed E-state index contributed by atoms with van der Waals surface area (Å²) in [6, 6.07) is 7.96. The van der Waals surface area contributed by atoms with Crippen LogP contribution in [0.1, 0.15) is 11.3 Å². The number of aryl methyl sites for hydroxylation is 1. The number of hydrogen-bond donors (Lipinski definition) is 1. The van der Waals surface area contributed by atoms with E-state index >= 15 is 0 Å². The summed E-state index contributed by atoms with van der Waals surface area (Å²) in [7, 11) is 1.67. The van der Waals surface area contributed by atoms with Crippen LogP contribution in [0.15, 0.2) is 39.4 Å². The first-order valence-electron chi connectivity index (χ1n) is 5.78. The van der Waals surface area contributed by atoms with Crippen LogP contribution in [-0.2, 0) is 6.54 Å². The normalized spacial score (nSPS) is 10.3. The lowest BCUT2D eigenvalue weighted by Crippen LogP contribution is -2.04. The van der Waals surface area contributed by atoms with Gasteiger partial charge >= 0.3 is 0 Å². The highest BCUT2D eigenvalue weighted by Gasteiger charge is 2.04. The Morgan fingerprint density at radius 2 is 2.05 bits per heavy atom. The summed E-state index contributed by atoms with van der Waals surface area (Å²) < 4.78 is 7.14. The van der Waals surface area contributed by atoms with Gasteiger partial charge in [-0.2, -0.15) is 0 Å². The number of benzene rings is 1. The van der Waals surface area contributed by atoms with Crippen LogP contribution in [0.4, 0.5) is 5.69 Å². The third kappa shape index (κ3) is 3.70. The molecule has 0 saturated heterocycles. The SMILES string of the molecule is COc1ccc(NCc2ncc(Br)cc2Br)c(C)c1. The Morgan fingerprint density at radius 1 is 1.26 bits per heavy atom. The molecular weight excluding hydrogens is 372 g/mol. The van der Waals surface area contributed by atoms with Crippen molar-refractivity contribution in [3.05, 3.63) is 50.7 Å². The number of aromatic nitrogens is 1. The van der Waals surface area contributed by atoms with Crippen molar-refractivity contribution in [3.63, 3.8) is 0 Å². The zero-order chi connectivity index (χ0) is 13.8. The third-order valence-corrected chi connectivity index (χ3v) is 3.88. The first-order valence-corrected chi connectivity index (χ1v) is 7.37. The molecule has 3 nitrogen and oxygen atoms in total. The van der Waals surface area contributed by atoms with E-state index in [9.17, 15) is 0 Å². The number of anilines is 1. The molecule has 2 aromatic rings. The highest BCUT2D eigenvalue weighted by Crippen LogP contribution is 2.23. The molecule has 0 saturated carbocycles. The molecule has 0 spiro atoms. The van der Waals surface area contributed by atoms with Gasteiger partial charge in [0.1, 0.15) is 5.75 Å². The zero-order valence-corrected chi connectivity index (χ0v) is 13.9. The summed E-state index contributed by atoms with van der Waals surface area (Å²) in [5, 5.41) is 3.38. The van der Waals surface area contributed by atoms with Crippen molar-refractivity contribution in [1.82, 2.24) is 4.98 Å². The van der Waals surface area contributed by atoms with E-state index in [1.165, 1.54) is 0 Å². The predicted octanol–water partition coefficient (Wildman–Crippen LogP) is 4.54. The first-order chi connectivity index (χ1) is 9.10. The van der Waals surface area contributed by atoms with Gasteiger partial charge in [-0.3, -0.25) is 4.98 Å². The van der Waals surface area contributed by atoms with Crippen molar-refractivity contribution in [1.29, 1.82) is 0 Å². The van der Waals surface area contributed by atoms with Crippen molar-refractivity contribution in [2.75, 3.05) is 12.4 Å². The Bertz CT molecular complexity index is 588. The average Bonchev–Trinajstić information content (AvgIpc) is 2.39. The number of nitrogens with zero attached hydrogens (tertiary/aromatic N) is 1. The van der Waals surface area contributed by atoms with E-state index in [-0.39, 0.29) is 0 Å². The lowest BCUT2D eigenvalue weighted by molar-refractivity contribution is 0.414. The molecule has 1 N–H and O–H groups in total. The lowest BCUT2D eigenvalue weighted by Gasteiger charge is -2.11. The standard InChI is InChI=1S/C14H14Br2N2O/c1-9-5-11(19-2)3-4-13(9)18-8-14-12(16)6-10(15)7-17-14/h3-7,18H,8H2,1-2H3. The van der Waals surface area contributed by atoms with E-state index in [0.29, 0.717) is 6.54 Å². The molecule has 19 heavy (non-hydrogen) atoms. The Hall–Kier alpha value is -1.07. The summed E-state index contributed by atoms with van der Waals surface area (Å²) >= 11 is 6.90. The predicted molar refractivity (Wildman–Crippen MR) is 84.7 cm³/mol. The number of pyridine rings is 1. The highest BCUT2D eigenvalue weighted by molar-refractivity contribution is 9.11. The molecule has 1 heterocycles. The van der Waals surface area contributed by atoms with Crippen LogP contribution >= 0.6 is 31.9 Å². The summed E-state index contributed by atoms with van der Waals surface area (Å²) in [5.41, 5.74) is 3.20. The van der Waals surface area contributed by atoms with Crippen LogP contribution in [0.5, 0.6) is 5.75 Å². The zero-order valence-electron chi connectivity index (χ0n) is 10.7. The van der Waals surface area contributed by atoms with E-state index < -0.39 is 0 Å². The molecule has 2 rings (SSSR count). The molecule has 0 atom stereocenters. The van der Waals surface area contributed by atoms with Gasteiger partial charge in [0.25, 0.3) is 0 Å². The largest absolute Gasteiger partial charge is 0.497 e. The molecule has 0 aliphatic carbocycles. The van der Waals surface area contributed by atoms with Crippen LogP contribution in [0.2, 0.25) is 0 Å². The topological polar surface area (TPSA) is 34.1 Å². The van der Waals surface area contributed by atoms with Crippen molar-refractivity contribution in [2.24, 2.45) is 0 Å². The number of ether oxygens (including phenoxy) is 1. The molecular formula is C14H14Br2N2O. The second-order valence-corrected chi connectivity index (χ2v) is 5.89. The molecule has 0 radical (unpaired) electrons. The molecule has 0 aliphatic rings. The van der Waals surface area contributed by atoms with E-state index in [1.54, 1.807) is 13.3 Å². The Morgan fingerprint density at radius 3 is 2.68 bits per heavy atom. The Kier molecular flexibility index (Phi) is 4.82. The number of rotatable bonds is 4. The number of methoxy groups -OCH3 is 1. The maximum absolute atomic E-state index is 5.19. The number of halogens is 2. The molecule has 5 heteroatoms. The van der Waals surface area contributed by atoms with E-state index in [2.05, 4.69) is 49.1 Å². The molecule has 0 amide bonds. The van der Waals surface area contributed by atoms with Gasteiger partial charge in [-0.25, -0.2) is 0 Å². The summed E-state index contributed by atoms with van der Waals surface area (Å²) in [4.78, 5) is 4.38.